The molecule has 1 aromatic carbocycles. The van der Waals surface area contributed by atoms with Crippen molar-refractivity contribution in [1.82, 2.24) is 4.57 Å². The first-order valence-electron chi connectivity index (χ1n) is 5.62. The van der Waals surface area contributed by atoms with Gasteiger partial charge in [0.2, 0.25) is 0 Å². The molecule has 0 atom stereocenters. The Morgan fingerprint density at radius 1 is 1.40 bits per heavy atom. The molecule has 0 aliphatic rings. The number of pyridine rings is 1. The third-order valence-corrected chi connectivity index (χ3v) is 3.34. The van der Waals surface area contributed by atoms with Gasteiger partial charge in [0.25, 0.3) is 11.2 Å². The number of aromatic nitrogens is 1. The van der Waals surface area contributed by atoms with Gasteiger partial charge in [-0.25, -0.2) is 0 Å². The number of hydrazine groups is 1. The Morgan fingerprint density at radius 3 is 2.80 bits per heavy atom. The van der Waals surface area contributed by atoms with Gasteiger partial charge in [0.15, 0.2) is 0 Å². The van der Waals surface area contributed by atoms with Crippen LogP contribution in [0.2, 0.25) is 0 Å². The molecule has 0 saturated heterocycles. The standard InChI is InChI=1S/C12H11BrN4O3/c13-9-2-1-5-16(12(9)18)7-8-3-4-11(17(19)20)10(6-8)15-14/h1-6,15H,7,14H2. The maximum Gasteiger partial charge on any atom is 0.293 e. The molecule has 0 radical (unpaired) electrons. The average Bonchev–Trinajstić information content (AvgIpc) is 2.43. The maximum absolute atomic E-state index is 11.9. The molecule has 0 fully saturated rings. The lowest BCUT2D eigenvalue weighted by atomic mass is 10.1. The monoisotopic (exact) mass is 338 g/mol. The van der Waals surface area contributed by atoms with Gasteiger partial charge in [-0.1, -0.05) is 6.07 Å². The van der Waals surface area contributed by atoms with E-state index in [9.17, 15) is 14.9 Å². The molecule has 0 aliphatic heterocycles. The molecular weight excluding hydrogens is 328 g/mol. The fourth-order valence-electron chi connectivity index (χ4n) is 1.79. The van der Waals surface area contributed by atoms with Crippen molar-refractivity contribution in [3.63, 3.8) is 0 Å². The van der Waals surface area contributed by atoms with Crippen molar-refractivity contribution in [3.8, 4) is 0 Å². The number of anilines is 1. The van der Waals surface area contributed by atoms with E-state index in [-0.39, 0.29) is 16.9 Å². The number of halogens is 1. The summed E-state index contributed by atoms with van der Waals surface area (Å²) in [6.45, 7) is 0.297. The van der Waals surface area contributed by atoms with Crippen LogP contribution >= 0.6 is 15.9 Å². The van der Waals surface area contributed by atoms with Crippen LogP contribution < -0.4 is 16.8 Å². The van der Waals surface area contributed by atoms with Gasteiger partial charge < -0.3 is 9.99 Å². The molecule has 7 nitrogen and oxygen atoms in total. The molecule has 2 aromatic rings. The second-order valence-corrected chi connectivity index (χ2v) is 4.90. The highest BCUT2D eigenvalue weighted by Gasteiger charge is 2.13. The molecule has 0 saturated carbocycles. The minimum Gasteiger partial charge on any atom is -0.318 e. The third-order valence-electron chi connectivity index (χ3n) is 2.74. The average molecular weight is 339 g/mol. The van der Waals surface area contributed by atoms with Crippen LogP contribution in [0, 0.1) is 10.1 Å². The highest BCUT2D eigenvalue weighted by Crippen LogP contribution is 2.24. The Kier molecular flexibility index (Phi) is 4.16. The summed E-state index contributed by atoms with van der Waals surface area (Å²) in [5.41, 5.74) is 2.93. The van der Waals surface area contributed by atoms with Gasteiger partial charge in [0, 0.05) is 12.3 Å². The predicted molar refractivity (Wildman–Crippen MR) is 78.4 cm³/mol. The highest BCUT2D eigenvalue weighted by molar-refractivity contribution is 9.10. The largest absolute Gasteiger partial charge is 0.318 e. The molecule has 104 valence electrons. The SMILES string of the molecule is NNc1cc(Cn2cccc(Br)c2=O)ccc1[N+](=O)[O-]. The third kappa shape index (κ3) is 2.86. The molecule has 8 heteroatoms. The first kappa shape index (κ1) is 14.2. The number of benzene rings is 1. The van der Waals surface area contributed by atoms with Crippen LogP contribution in [0.25, 0.3) is 0 Å². The molecule has 0 aliphatic carbocycles. The number of rotatable bonds is 4. The highest BCUT2D eigenvalue weighted by atomic mass is 79.9. The minimum atomic E-state index is -0.524. The lowest BCUT2D eigenvalue weighted by Crippen LogP contribution is -2.20. The number of nitrogen functional groups attached to an aromatic ring is 1. The molecular formula is C12H11BrN4O3. The number of nitro benzene ring substituents is 1. The van der Waals surface area contributed by atoms with Crippen LogP contribution in [-0.2, 0) is 6.54 Å². The fraction of sp³-hybridized carbons (Fsp3) is 0.0833. The van der Waals surface area contributed by atoms with E-state index in [4.69, 9.17) is 5.84 Å². The van der Waals surface area contributed by atoms with Crippen molar-refractivity contribution in [2.75, 3.05) is 5.43 Å². The zero-order valence-electron chi connectivity index (χ0n) is 10.2. The van der Waals surface area contributed by atoms with Crippen molar-refractivity contribution < 1.29 is 4.92 Å². The van der Waals surface area contributed by atoms with Crippen molar-refractivity contribution in [2.45, 2.75) is 6.54 Å². The topological polar surface area (TPSA) is 103 Å². The molecule has 3 N–H and O–H groups in total. The van der Waals surface area contributed by atoms with Crippen LogP contribution in [0.1, 0.15) is 5.56 Å². The molecule has 1 aromatic heterocycles. The molecule has 0 spiro atoms. The molecule has 0 unspecified atom stereocenters. The van der Waals surface area contributed by atoms with E-state index < -0.39 is 4.92 Å². The maximum atomic E-state index is 11.9. The van der Waals surface area contributed by atoms with Gasteiger partial charge in [-0.15, -0.1) is 0 Å². The molecule has 2 rings (SSSR count). The summed E-state index contributed by atoms with van der Waals surface area (Å²) in [6, 6.07) is 7.88. The number of nitrogens with zero attached hydrogens (tertiary/aromatic N) is 2. The van der Waals surface area contributed by atoms with Crippen LogP contribution in [0.15, 0.2) is 45.8 Å². The first-order chi connectivity index (χ1) is 9.52. The number of hydrogen-bond donors (Lipinski definition) is 2. The number of nitro groups is 1. The van der Waals surface area contributed by atoms with E-state index in [1.54, 1.807) is 30.5 Å². The van der Waals surface area contributed by atoms with Gasteiger partial charge in [-0.2, -0.15) is 0 Å². The summed E-state index contributed by atoms with van der Waals surface area (Å²) in [5, 5.41) is 10.8. The lowest BCUT2D eigenvalue weighted by molar-refractivity contribution is -0.384. The van der Waals surface area contributed by atoms with Gasteiger partial charge in [0.1, 0.15) is 5.69 Å². The van der Waals surface area contributed by atoms with Crippen LogP contribution in [0.3, 0.4) is 0 Å². The van der Waals surface area contributed by atoms with Gasteiger partial charge in [-0.3, -0.25) is 20.8 Å². The van der Waals surface area contributed by atoms with E-state index in [0.29, 0.717) is 11.0 Å². The Bertz CT molecular complexity index is 714. The zero-order valence-corrected chi connectivity index (χ0v) is 11.8. The smallest absolute Gasteiger partial charge is 0.293 e. The summed E-state index contributed by atoms with van der Waals surface area (Å²) >= 11 is 3.16. The quantitative estimate of drug-likeness (QED) is 0.503. The van der Waals surface area contributed by atoms with Crippen LogP contribution in [0.4, 0.5) is 11.4 Å². The fourth-order valence-corrected chi connectivity index (χ4v) is 2.17. The van der Waals surface area contributed by atoms with Crippen molar-refractivity contribution in [2.24, 2.45) is 5.84 Å². The molecule has 1 heterocycles. The molecule has 0 bridgehead atoms. The van der Waals surface area contributed by atoms with E-state index in [0.717, 1.165) is 5.56 Å². The Morgan fingerprint density at radius 2 is 2.15 bits per heavy atom. The van der Waals surface area contributed by atoms with E-state index in [1.807, 2.05) is 0 Å². The van der Waals surface area contributed by atoms with Crippen molar-refractivity contribution in [1.29, 1.82) is 0 Å². The summed E-state index contributed by atoms with van der Waals surface area (Å²) in [7, 11) is 0. The number of nitrogens with two attached hydrogens (primary N) is 1. The first-order valence-corrected chi connectivity index (χ1v) is 6.41. The zero-order chi connectivity index (χ0) is 14.7. The Balaban J connectivity index is 2.37. The van der Waals surface area contributed by atoms with Gasteiger partial charge >= 0.3 is 0 Å². The van der Waals surface area contributed by atoms with E-state index in [2.05, 4.69) is 21.4 Å². The Hall–Kier alpha value is -2.19. The van der Waals surface area contributed by atoms with Gasteiger partial charge in [0.05, 0.1) is 15.9 Å². The summed E-state index contributed by atoms with van der Waals surface area (Å²) in [4.78, 5) is 22.1. The van der Waals surface area contributed by atoms with Crippen molar-refractivity contribution >= 4 is 27.3 Å². The summed E-state index contributed by atoms with van der Waals surface area (Å²) in [6.07, 6.45) is 1.64. The second-order valence-electron chi connectivity index (χ2n) is 4.04. The Labute approximate surface area is 122 Å². The summed E-state index contributed by atoms with van der Waals surface area (Å²) in [5.74, 6) is 5.27. The number of hydrogen-bond acceptors (Lipinski definition) is 5. The van der Waals surface area contributed by atoms with Crippen molar-refractivity contribution in [3.05, 3.63) is 67.0 Å². The second kappa shape index (κ2) is 5.85. The van der Waals surface area contributed by atoms with E-state index in [1.165, 1.54) is 10.6 Å². The minimum absolute atomic E-state index is 0.113. The molecule has 0 amide bonds. The number of nitrogens with one attached hydrogen (secondary N) is 1. The van der Waals surface area contributed by atoms with Crippen LogP contribution in [-0.4, -0.2) is 9.49 Å². The lowest BCUT2D eigenvalue weighted by Gasteiger charge is -2.08. The predicted octanol–water partition coefficient (Wildman–Crippen LogP) is 1.85. The summed E-state index contributed by atoms with van der Waals surface area (Å²) < 4.78 is 1.95. The van der Waals surface area contributed by atoms with E-state index >= 15 is 0 Å². The normalized spacial score (nSPS) is 10.3. The molecule has 20 heavy (non-hydrogen) atoms. The van der Waals surface area contributed by atoms with Gasteiger partial charge in [-0.05, 0) is 39.7 Å². The van der Waals surface area contributed by atoms with Crippen LogP contribution in [0.5, 0.6) is 0 Å².